The number of aromatic hydroxyl groups is 1. The summed E-state index contributed by atoms with van der Waals surface area (Å²) in [5.41, 5.74) is 3.95. The van der Waals surface area contributed by atoms with Gasteiger partial charge in [0.25, 0.3) is 0 Å². The third-order valence-corrected chi connectivity index (χ3v) is 3.89. The molecule has 1 aliphatic heterocycles. The van der Waals surface area contributed by atoms with Crippen molar-refractivity contribution >= 4 is 0 Å². The second-order valence-corrected chi connectivity index (χ2v) is 5.19. The van der Waals surface area contributed by atoms with E-state index >= 15 is 0 Å². The van der Waals surface area contributed by atoms with Crippen molar-refractivity contribution in [3.8, 4) is 11.5 Å². The van der Waals surface area contributed by atoms with Crippen molar-refractivity contribution < 1.29 is 9.84 Å². The van der Waals surface area contributed by atoms with Crippen molar-refractivity contribution in [2.75, 3.05) is 13.7 Å². The van der Waals surface area contributed by atoms with Crippen LogP contribution >= 0.6 is 0 Å². The molecule has 2 N–H and O–H groups in total. The molecule has 3 rings (SSSR count). The molecule has 0 aromatic heterocycles. The van der Waals surface area contributed by atoms with Crippen LogP contribution in [0.2, 0.25) is 0 Å². The van der Waals surface area contributed by atoms with Crippen LogP contribution in [0, 0.1) is 0 Å². The average Bonchev–Trinajstić information content (AvgIpc) is 2.49. The molecule has 1 atom stereocenters. The molecule has 20 heavy (non-hydrogen) atoms. The highest BCUT2D eigenvalue weighted by molar-refractivity contribution is 5.40. The van der Waals surface area contributed by atoms with Crippen molar-refractivity contribution in [3.63, 3.8) is 0 Å². The van der Waals surface area contributed by atoms with Gasteiger partial charge in [0.05, 0.1) is 7.11 Å². The first-order chi connectivity index (χ1) is 9.76. The maximum atomic E-state index is 9.35. The number of methoxy groups -OCH3 is 1. The lowest BCUT2D eigenvalue weighted by Crippen LogP contribution is -2.31. The second kappa shape index (κ2) is 5.55. The van der Waals surface area contributed by atoms with Gasteiger partial charge in [-0.05, 0) is 60.3 Å². The number of nitrogens with one attached hydrogen (secondary N) is 1. The number of fused-ring (bicyclic) bond motifs is 1. The van der Waals surface area contributed by atoms with Gasteiger partial charge in [-0.3, -0.25) is 0 Å². The summed E-state index contributed by atoms with van der Waals surface area (Å²) in [7, 11) is 1.71. The van der Waals surface area contributed by atoms with Crippen LogP contribution in [0.4, 0.5) is 0 Å². The minimum Gasteiger partial charge on any atom is -0.508 e. The predicted molar refractivity (Wildman–Crippen MR) is 79.3 cm³/mol. The van der Waals surface area contributed by atoms with Crippen molar-refractivity contribution in [1.82, 2.24) is 5.32 Å². The van der Waals surface area contributed by atoms with Crippen LogP contribution in [0.5, 0.6) is 11.5 Å². The highest BCUT2D eigenvalue weighted by Crippen LogP contribution is 2.29. The molecule has 2 aromatic carbocycles. The highest BCUT2D eigenvalue weighted by Gasteiger charge is 2.20. The smallest absolute Gasteiger partial charge is 0.119 e. The third-order valence-electron chi connectivity index (χ3n) is 3.89. The zero-order chi connectivity index (χ0) is 13.9. The molecule has 0 spiro atoms. The van der Waals surface area contributed by atoms with Crippen molar-refractivity contribution in [2.24, 2.45) is 0 Å². The van der Waals surface area contributed by atoms with Gasteiger partial charge in [0.1, 0.15) is 11.5 Å². The standard InChI is InChI=1S/C17H19NO2/c1-20-15-6-7-16-13(11-15)8-9-18-17(16)10-12-2-4-14(19)5-3-12/h2-7,11,17-19H,8-10H2,1H3/t17-/m1/s1. The summed E-state index contributed by atoms with van der Waals surface area (Å²) in [4.78, 5) is 0. The van der Waals surface area contributed by atoms with E-state index in [1.807, 2.05) is 18.2 Å². The summed E-state index contributed by atoms with van der Waals surface area (Å²) in [6, 6.07) is 14.1. The summed E-state index contributed by atoms with van der Waals surface area (Å²) in [6.45, 7) is 0.989. The fourth-order valence-corrected chi connectivity index (χ4v) is 2.81. The molecule has 0 bridgehead atoms. The SMILES string of the molecule is COc1ccc2c(c1)CCN[C@@H]2Cc1ccc(O)cc1. The zero-order valence-electron chi connectivity index (χ0n) is 11.6. The third kappa shape index (κ3) is 2.63. The molecule has 0 radical (unpaired) electrons. The quantitative estimate of drug-likeness (QED) is 0.900. The van der Waals surface area contributed by atoms with Crippen LogP contribution in [-0.2, 0) is 12.8 Å². The molecule has 3 nitrogen and oxygen atoms in total. The van der Waals surface area contributed by atoms with E-state index in [1.165, 1.54) is 16.7 Å². The summed E-state index contributed by atoms with van der Waals surface area (Å²) in [6.07, 6.45) is 1.97. The lowest BCUT2D eigenvalue weighted by molar-refractivity contribution is 0.412. The largest absolute Gasteiger partial charge is 0.508 e. The van der Waals surface area contributed by atoms with E-state index in [-0.39, 0.29) is 0 Å². The number of rotatable bonds is 3. The molecule has 2 aromatic rings. The molecule has 0 fully saturated rings. The van der Waals surface area contributed by atoms with Crippen LogP contribution < -0.4 is 10.1 Å². The number of hydrogen-bond acceptors (Lipinski definition) is 3. The van der Waals surface area contributed by atoms with E-state index < -0.39 is 0 Å². The van der Waals surface area contributed by atoms with E-state index in [9.17, 15) is 5.11 Å². The minimum atomic E-state index is 0.315. The maximum absolute atomic E-state index is 9.35. The van der Waals surface area contributed by atoms with E-state index in [1.54, 1.807) is 19.2 Å². The van der Waals surface area contributed by atoms with Gasteiger partial charge >= 0.3 is 0 Å². The van der Waals surface area contributed by atoms with Crippen LogP contribution in [0.3, 0.4) is 0 Å². The first-order valence-electron chi connectivity index (χ1n) is 6.94. The Bertz CT molecular complexity index is 592. The van der Waals surface area contributed by atoms with Gasteiger partial charge in [0, 0.05) is 6.04 Å². The lowest BCUT2D eigenvalue weighted by Gasteiger charge is -2.27. The van der Waals surface area contributed by atoms with Crippen molar-refractivity contribution in [2.45, 2.75) is 18.9 Å². The lowest BCUT2D eigenvalue weighted by atomic mass is 9.90. The van der Waals surface area contributed by atoms with Gasteiger partial charge in [0.15, 0.2) is 0 Å². The van der Waals surface area contributed by atoms with Gasteiger partial charge in [-0.1, -0.05) is 18.2 Å². The normalized spacial score (nSPS) is 17.6. The minimum absolute atomic E-state index is 0.315. The molecule has 0 saturated heterocycles. The first-order valence-corrected chi connectivity index (χ1v) is 6.94. The van der Waals surface area contributed by atoms with Crippen LogP contribution in [0.25, 0.3) is 0 Å². The molecular weight excluding hydrogens is 250 g/mol. The molecule has 1 heterocycles. The topological polar surface area (TPSA) is 41.5 Å². The van der Waals surface area contributed by atoms with Gasteiger partial charge < -0.3 is 15.2 Å². The Hall–Kier alpha value is -2.00. The fraction of sp³-hybridized carbons (Fsp3) is 0.294. The van der Waals surface area contributed by atoms with E-state index in [0.29, 0.717) is 11.8 Å². The van der Waals surface area contributed by atoms with E-state index in [0.717, 1.165) is 25.1 Å². The van der Waals surface area contributed by atoms with Crippen LogP contribution in [0.15, 0.2) is 42.5 Å². The monoisotopic (exact) mass is 269 g/mol. The molecule has 3 heteroatoms. The van der Waals surface area contributed by atoms with Crippen LogP contribution in [0.1, 0.15) is 22.7 Å². The molecular formula is C17H19NO2. The predicted octanol–water partition coefficient (Wildman–Crippen LogP) is 2.83. The number of benzene rings is 2. The van der Waals surface area contributed by atoms with Gasteiger partial charge in [0.2, 0.25) is 0 Å². The maximum Gasteiger partial charge on any atom is 0.119 e. The van der Waals surface area contributed by atoms with Crippen molar-refractivity contribution in [3.05, 3.63) is 59.2 Å². The van der Waals surface area contributed by atoms with Gasteiger partial charge in [-0.2, -0.15) is 0 Å². The summed E-state index contributed by atoms with van der Waals surface area (Å²) < 4.78 is 5.30. The number of hydrogen-bond donors (Lipinski definition) is 2. The van der Waals surface area contributed by atoms with Gasteiger partial charge in [-0.25, -0.2) is 0 Å². The van der Waals surface area contributed by atoms with Gasteiger partial charge in [-0.15, -0.1) is 0 Å². The van der Waals surface area contributed by atoms with Crippen LogP contribution in [-0.4, -0.2) is 18.8 Å². The molecule has 0 aliphatic carbocycles. The van der Waals surface area contributed by atoms with Crippen molar-refractivity contribution in [1.29, 1.82) is 0 Å². The fourth-order valence-electron chi connectivity index (χ4n) is 2.81. The molecule has 1 aliphatic rings. The molecule has 104 valence electrons. The average molecular weight is 269 g/mol. The molecule has 0 unspecified atom stereocenters. The Morgan fingerprint density at radius 2 is 2.00 bits per heavy atom. The summed E-state index contributed by atoms with van der Waals surface area (Å²) >= 11 is 0. The Morgan fingerprint density at radius 3 is 2.75 bits per heavy atom. The Kier molecular flexibility index (Phi) is 3.61. The van der Waals surface area contributed by atoms with E-state index in [2.05, 4.69) is 17.4 Å². The first kappa shape index (κ1) is 13.0. The summed E-state index contributed by atoms with van der Waals surface area (Å²) in [5, 5.41) is 12.9. The highest BCUT2D eigenvalue weighted by atomic mass is 16.5. The Labute approximate surface area is 119 Å². The molecule has 0 amide bonds. The second-order valence-electron chi connectivity index (χ2n) is 5.19. The summed E-state index contributed by atoms with van der Waals surface area (Å²) in [5.74, 6) is 1.24. The number of phenolic OH excluding ortho intramolecular Hbond substituents is 1. The Balaban J connectivity index is 1.84. The van der Waals surface area contributed by atoms with E-state index in [4.69, 9.17) is 4.74 Å². The Morgan fingerprint density at radius 1 is 1.20 bits per heavy atom. The number of phenols is 1. The zero-order valence-corrected chi connectivity index (χ0v) is 11.6. The number of ether oxygens (including phenoxy) is 1. The molecule has 0 saturated carbocycles.